The van der Waals surface area contributed by atoms with Crippen molar-refractivity contribution in [3.63, 3.8) is 0 Å². The van der Waals surface area contributed by atoms with E-state index < -0.39 is 24.3 Å². The Morgan fingerprint density at radius 3 is 1.23 bits per heavy atom. The number of amides is 2. The second-order valence-corrected chi connectivity index (χ2v) is 19.3. The number of halogens is 6. The van der Waals surface area contributed by atoms with Gasteiger partial charge in [-0.05, 0) is 172 Å². The predicted molar refractivity (Wildman–Crippen MR) is 236 cm³/mol. The summed E-state index contributed by atoms with van der Waals surface area (Å²) in [4.78, 5) is 45.0. The minimum absolute atomic E-state index is 0.0738. The van der Waals surface area contributed by atoms with E-state index >= 15 is 0 Å². The number of rotatable bonds is 15. The molecule has 0 aliphatic heterocycles. The van der Waals surface area contributed by atoms with Crippen LogP contribution in [0.1, 0.15) is 127 Å². The molecule has 0 radical (unpaired) electrons. The minimum Gasteiger partial charge on any atom is -0.508 e. The number of aliphatic carboxylic acids is 2. The molecule has 2 aromatic rings. The zero-order chi connectivity index (χ0) is 49.1. The van der Waals surface area contributed by atoms with E-state index in [0.717, 1.165) is 116 Å². The number of phenols is 2. The molecule has 370 valence electrons. The number of carboxylic acid groups (broad SMARTS) is 2. The number of unbranched alkanes of at least 4 members (excludes halogenated alkanes) is 1. The third-order valence-electron chi connectivity index (χ3n) is 14.8. The molecule has 0 saturated heterocycles. The highest BCUT2D eigenvalue weighted by Crippen LogP contribution is 2.59. The minimum atomic E-state index is -5.08. The number of carbonyl (C=O) groups is 4. The Balaban J connectivity index is 0.000000590. The second kappa shape index (κ2) is 22.5. The number of carbonyl (C=O) groups excluding carboxylic acids is 2. The van der Waals surface area contributed by atoms with Crippen LogP contribution in [0.4, 0.5) is 26.3 Å². The lowest BCUT2D eigenvalue weighted by Crippen LogP contribution is -2.55. The number of hydrogen-bond donors (Lipinski definition) is 8. The molecule has 66 heavy (non-hydrogen) atoms. The van der Waals surface area contributed by atoms with Crippen LogP contribution in [-0.4, -0.2) is 95.8 Å². The summed E-state index contributed by atoms with van der Waals surface area (Å²) in [6.45, 7) is 14.1. The van der Waals surface area contributed by atoms with Gasteiger partial charge in [0.25, 0.3) is 0 Å². The van der Waals surface area contributed by atoms with Gasteiger partial charge in [-0.15, -0.1) is 0 Å². The fourth-order valence-corrected chi connectivity index (χ4v) is 11.4. The zero-order valence-corrected chi connectivity index (χ0v) is 38.5. The van der Waals surface area contributed by atoms with E-state index in [-0.39, 0.29) is 45.3 Å². The maximum absolute atomic E-state index is 13.6. The number of hydrogen-bond acceptors (Lipinski definition) is 8. The summed E-state index contributed by atoms with van der Waals surface area (Å²) in [6.07, 6.45) is 3.91. The Morgan fingerprint density at radius 1 is 0.561 bits per heavy atom. The number of carboxylic acids is 2. The Hall–Kier alpha value is -4.58. The molecule has 2 fully saturated rings. The van der Waals surface area contributed by atoms with Crippen molar-refractivity contribution in [1.82, 2.24) is 21.3 Å². The molecule has 2 saturated carbocycles. The maximum atomic E-state index is 13.6. The van der Waals surface area contributed by atoms with Crippen molar-refractivity contribution in [1.29, 1.82) is 0 Å². The van der Waals surface area contributed by atoms with Crippen LogP contribution in [0.15, 0.2) is 36.4 Å². The van der Waals surface area contributed by atoms with Gasteiger partial charge in [0.1, 0.15) is 11.5 Å². The third kappa shape index (κ3) is 13.1. The van der Waals surface area contributed by atoms with Gasteiger partial charge in [-0.2, -0.15) is 26.3 Å². The van der Waals surface area contributed by atoms with Crippen LogP contribution in [0.2, 0.25) is 0 Å². The van der Waals surface area contributed by atoms with Gasteiger partial charge in [-0.25, -0.2) is 9.59 Å². The van der Waals surface area contributed by atoms with Crippen molar-refractivity contribution < 1.29 is 65.9 Å². The smallest absolute Gasteiger partial charge is 0.490 e. The fourth-order valence-electron chi connectivity index (χ4n) is 11.4. The SMILES string of the molecule is C[C@]1(C(=O)NCCCNCCCCNCCCNC(=O)[C@@]2(C)CCC[C@]3(C)c4cc(O)ccc4CC[C@@H]23)CCC[C@]2(C)c3cc(O)ccc3CC[C@@H]12.O=C(O)C(F)(F)F.O=C(O)C(F)(F)F. The number of aryl methyl sites for hydroxylation is 2. The van der Waals surface area contributed by atoms with Gasteiger partial charge in [0.15, 0.2) is 0 Å². The molecule has 2 aromatic carbocycles. The van der Waals surface area contributed by atoms with E-state index in [2.05, 4.69) is 61.1 Å². The van der Waals surface area contributed by atoms with Gasteiger partial charge in [0.05, 0.1) is 10.8 Å². The van der Waals surface area contributed by atoms with Crippen molar-refractivity contribution in [2.75, 3.05) is 39.3 Å². The van der Waals surface area contributed by atoms with Crippen LogP contribution in [0, 0.1) is 22.7 Å². The first-order valence-electron chi connectivity index (χ1n) is 23.0. The number of aromatic hydroxyl groups is 2. The van der Waals surface area contributed by atoms with Crippen molar-refractivity contribution >= 4 is 23.8 Å². The Morgan fingerprint density at radius 2 is 0.894 bits per heavy atom. The summed E-state index contributed by atoms with van der Waals surface area (Å²) in [7, 11) is 0. The number of benzene rings is 2. The first-order valence-corrected chi connectivity index (χ1v) is 23.0. The molecule has 18 heteroatoms. The molecule has 6 atom stereocenters. The average molecular weight is 943 g/mol. The molecule has 8 N–H and O–H groups in total. The van der Waals surface area contributed by atoms with Crippen LogP contribution >= 0.6 is 0 Å². The van der Waals surface area contributed by atoms with Crippen LogP contribution < -0.4 is 21.3 Å². The number of fused-ring (bicyclic) bond motifs is 6. The highest BCUT2D eigenvalue weighted by Gasteiger charge is 2.56. The molecule has 0 spiro atoms. The van der Waals surface area contributed by atoms with Crippen LogP contribution in [-0.2, 0) is 42.8 Å². The molecule has 4 aliphatic carbocycles. The van der Waals surface area contributed by atoms with Crippen LogP contribution in [0.25, 0.3) is 0 Å². The molecule has 0 heterocycles. The predicted octanol–water partition coefficient (Wildman–Crippen LogP) is 8.06. The Labute approximate surface area is 383 Å². The van der Waals surface area contributed by atoms with E-state index in [1.54, 1.807) is 12.1 Å². The molecule has 2 amide bonds. The summed E-state index contributed by atoms with van der Waals surface area (Å²) in [6, 6.07) is 11.6. The third-order valence-corrected chi connectivity index (χ3v) is 14.8. The number of nitrogens with one attached hydrogen (secondary N) is 4. The van der Waals surface area contributed by atoms with Crippen molar-refractivity contribution in [2.24, 2.45) is 22.7 Å². The second-order valence-electron chi connectivity index (χ2n) is 19.3. The molecule has 12 nitrogen and oxygen atoms in total. The van der Waals surface area contributed by atoms with Gasteiger partial charge < -0.3 is 41.7 Å². The number of phenolic OH excluding ortho intramolecular Hbond substituents is 2. The number of alkyl halides is 6. The molecule has 0 unspecified atom stereocenters. The monoisotopic (exact) mass is 942 g/mol. The Bertz CT molecular complexity index is 1860. The lowest BCUT2D eigenvalue weighted by atomic mass is 9.49. The molecular weight excluding hydrogens is 875 g/mol. The van der Waals surface area contributed by atoms with Crippen molar-refractivity contribution in [3.05, 3.63) is 58.7 Å². The summed E-state index contributed by atoms with van der Waals surface area (Å²) >= 11 is 0. The summed E-state index contributed by atoms with van der Waals surface area (Å²) in [5.41, 5.74) is 4.24. The van der Waals surface area contributed by atoms with Gasteiger partial charge in [-0.3, -0.25) is 9.59 Å². The van der Waals surface area contributed by atoms with Crippen molar-refractivity contribution in [2.45, 2.75) is 141 Å². The highest BCUT2D eigenvalue weighted by atomic mass is 19.4. The van der Waals surface area contributed by atoms with Crippen LogP contribution in [0.3, 0.4) is 0 Å². The first-order chi connectivity index (χ1) is 30.8. The van der Waals surface area contributed by atoms with Crippen LogP contribution in [0.5, 0.6) is 11.5 Å². The van der Waals surface area contributed by atoms with Gasteiger partial charge in [0.2, 0.25) is 11.8 Å². The van der Waals surface area contributed by atoms with Gasteiger partial charge in [0, 0.05) is 13.1 Å². The van der Waals surface area contributed by atoms with Gasteiger partial charge >= 0.3 is 24.3 Å². The van der Waals surface area contributed by atoms with E-state index in [0.29, 0.717) is 24.6 Å². The molecule has 6 rings (SSSR count). The van der Waals surface area contributed by atoms with E-state index in [4.69, 9.17) is 19.8 Å². The quantitative estimate of drug-likeness (QED) is 0.0639. The molecular formula is C48H68F6N4O8. The average Bonchev–Trinajstić information content (AvgIpc) is 3.23. The topological polar surface area (TPSA) is 197 Å². The van der Waals surface area contributed by atoms with E-state index in [1.165, 1.54) is 22.3 Å². The van der Waals surface area contributed by atoms with Gasteiger partial charge in [-0.1, -0.05) is 52.7 Å². The summed E-state index contributed by atoms with van der Waals surface area (Å²) < 4.78 is 63.5. The summed E-state index contributed by atoms with van der Waals surface area (Å²) in [5.74, 6) is -3.91. The molecule has 4 aliphatic rings. The normalized spacial score (nSPS) is 26.6. The zero-order valence-electron chi connectivity index (χ0n) is 38.5. The molecule has 0 aromatic heterocycles. The first kappa shape index (κ1) is 54.0. The highest BCUT2D eigenvalue weighted by molar-refractivity contribution is 5.84. The lowest BCUT2D eigenvalue weighted by Gasteiger charge is -2.54. The fraction of sp³-hybridized carbons (Fsp3) is 0.667. The summed E-state index contributed by atoms with van der Waals surface area (Å²) in [5, 5.41) is 48.4. The Kier molecular flexibility index (Phi) is 18.4. The lowest BCUT2D eigenvalue weighted by molar-refractivity contribution is -0.193. The van der Waals surface area contributed by atoms with Crippen molar-refractivity contribution in [3.8, 4) is 11.5 Å². The maximum Gasteiger partial charge on any atom is 0.490 e. The van der Waals surface area contributed by atoms with E-state index in [9.17, 15) is 46.1 Å². The standard InChI is InChI=1S/C44H66N4O4.2C2HF3O2/c1-41-19-7-21-43(3,37(41)17-13-31-11-15-33(49)29-35(31)41)39(51)47-27-9-25-45-23-5-6-24-46-26-10-28-48-40(52)44(4)22-8-20-42(2)36-30-34(50)16-12-32(36)14-18-38(42)44;2*3-2(4,5)1(6)7/h11-12,15-16,29-30,37-38,45-46,49-50H,5-10,13-14,17-28H2,1-4H3,(H,47,51)(H,48,52);2*(H,6,7)/t37-,38-,41-,42-,43+,44+;;/m1../s1. The van der Waals surface area contributed by atoms with E-state index in [1.807, 2.05) is 12.1 Å². The largest absolute Gasteiger partial charge is 0.508 e. The molecule has 0 bridgehead atoms.